The van der Waals surface area contributed by atoms with Crippen LogP contribution in [0.2, 0.25) is 0 Å². The van der Waals surface area contributed by atoms with E-state index >= 15 is 0 Å². The van der Waals surface area contributed by atoms with Gasteiger partial charge in [-0.2, -0.15) is 0 Å². The summed E-state index contributed by atoms with van der Waals surface area (Å²) in [6.07, 6.45) is 5.29. The number of fused-ring (bicyclic) bond motifs is 4. The van der Waals surface area contributed by atoms with Crippen LogP contribution in [-0.4, -0.2) is 15.0 Å². The van der Waals surface area contributed by atoms with E-state index in [0.29, 0.717) is 0 Å². The van der Waals surface area contributed by atoms with E-state index in [0.717, 1.165) is 33.3 Å². The molecule has 0 saturated heterocycles. The van der Waals surface area contributed by atoms with Crippen molar-refractivity contribution in [3.05, 3.63) is 91.5 Å². The lowest BCUT2D eigenvalue weighted by Crippen LogP contribution is -1.90. The molecule has 0 aliphatic carbocycles. The average molecular weight is 389 g/mol. The molecule has 3 heterocycles. The van der Waals surface area contributed by atoms with E-state index in [1.54, 1.807) is 6.33 Å². The molecule has 0 unspecified atom stereocenters. The van der Waals surface area contributed by atoms with E-state index in [2.05, 4.69) is 75.6 Å². The molecule has 6 aromatic rings. The van der Waals surface area contributed by atoms with Gasteiger partial charge in [0, 0.05) is 43.5 Å². The number of pyridine rings is 1. The summed E-state index contributed by atoms with van der Waals surface area (Å²) in [5.74, 6) is 0. The number of nitrogens with zero attached hydrogens (tertiary/aromatic N) is 3. The summed E-state index contributed by atoms with van der Waals surface area (Å²) in [5, 5.41) is 3.64. The molecule has 0 saturated carbocycles. The highest BCUT2D eigenvalue weighted by Crippen LogP contribution is 2.40. The Morgan fingerprint density at radius 3 is 2.45 bits per heavy atom. The maximum Gasteiger partial charge on any atom is 0.116 e. The SMILES string of the molecule is c1ccc2c(c1)sc1c(-c3ncnc4cc(-c5ccncc5)ccc34)cccc12. The Balaban J connectivity index is 1.60. The summed E-state index contributed by atoms with van der Waals surface area (Å²) in [4.78, 5) is 13.3. The Kier molecular flexibility index (Phi) is 3.64. The zero-order valence-corrected chi connectivity index (χ0v) is 16.2. The van der Waals surface area contributed by atoms with Gasteiger partial charge in [-0.15, -0.1) is 11.3 Å². The van der Waals surface area contributed by atoms with Crippen LogP contribution in [-0.2, 0) is 0 Å². The molecule has 0 fully saturated rings. The van der Waals surface area contributed by atoms with Gasteiger partial charge < -0.3 is 0 Å². The van der Waals surface area contributed by atoms with Crippen LogP contribution in [0.4, 0.5) is 0 Å². The molecular weight excluding hydrogens is 374 g/mol. The molecule has 0 radical (unpaired) electrons. The summed E-state index contributed by atoms with van der Waals surface area (Å²) in [7, 11) is 0. The minimum Gasteiger partial charge on any atom is -0.265 e. The van der Waals surface area contributed by atoms with Crippen LogP contribution in [0, 0.1) is 0 Å². The van der Waals surface area contributed by atoms with Gasteiger partial charge in [-0.25, -0.2) is 9.97 Å². The Hall–Kier alpha value is -3.63. The quantitative estimate of drug-likeness (QED) is 0.330. The second-order valence-corrected chi connectivity index (χ2v) is 8.02. The van der Waals surface area contributed by atoms with Crippen LogP contribution in [0.3, 0.4) is 0 Å². The number of aromatic nitrogens is 3. The first-order valence-corrected chi connectivity index (χ1v) is 10.3. The standard InChI is InChI=1S/C25H15N3S/c1-2-7-23-18(4-1)19-5-3-6-21(25(19)29-23)24-20-9-8-17(14-22(20)27-15-28-24)16-10-12-26-13-11-16/h1-15H. The molecule has 0 aliphatic heterocycles. The first-order valence-electron chi connectivity index (χ1n) is 9.44. The zero-order valence-electron chi connectivity index (χ0n) is 15.4. The molecule has 3 aromatic carbocycles. The number of rotatable bonds is 2. The van der Waals surface area contributed by atoms with Crippen molar-refractivity contribution >= 4 is 42.4 Å². The Labute approximate surface area is 171 Å². The van der Waals surface area contributed by atoms with Crippen molar-refractivity contribution in [2.24, 2.45) is 0 Å². The van der Waals surface area contributed by atoms with Gasteiger partial charge in [0.05, 0.1) is 11.2 Å². The van der Waals surface area contributed by atoms with E-state index in [1.165, 1.54) is 20.2 Å². The summed E-state index contributed by atoms with van der Waals surface area (Å²) < 4.78 is 2.57. The third-order valence-corrected chi connectivity index (χ3v) is 6.53. The van der Waals surface area contributed by atoms with Gasteiger partial charge in [-0.05, 0) is 41.5 Å². The monoisotopic (exact) mass is 389 g/mol. The third-order valence-electron chi connectivity index (χ3n) is 5.31. The second-order valence-electron chi connectivity index (χ2n) is 6.97. The first kappa shape index (κ1) is 16.3. The number of hydrogen-bond donors (Lipinski definition) is 0. The smallest absolute Gasteiger partial charge is 0.116 e. The van der Waals surface area contributed by atoms with Gasteiger partial charge in [0.1, 0.15) is 6.33 Å². The maximum absolute atomic E-state index is 4.69. The molecule has 29 heavy (non-hydrogen) atoms. The summed E-state index contributed by atoms with van der Waals surface area (Å²) in [5.41, 5.74) is 5.35. The predicted molar refractivity (Wildman–Crippen MR) is 121 cm³/mol. The van der Waals surface area contributed by atoms with Gasteiger partial charge in [0.25, 0.3) is 0 Å². The van der Waals surface area contributed by atoms with Crippen LogP contribution in [0.1, 0.15) is 0 Å². The Bertz CT molecular complexity index is 1500. The van der Waals surface area contributed by atoms with Crippen molar-refractivity contribution in [3.8, 4) is 22.4 Å². The van der Waals surface area contributed by atoms with Gasteiger partial charge in [0.15, 0.2) is 0 Å². The molecule has 0 N–H and O–H groups in total. The fourth-order valence-electron chi connectivity index (χ4n) is 3.93. The van der Waals surface area contributed by atoms with Crippen molar-refractivity contribution < 1.29 is 0 Å². The minimum absolute atomic E-state index is 0.947. The normalized spacial score (nSPS) is 11.4. The molecular formula is C25H15N3S. The van der Waals surface area contributed by atoms with Gasteiger partial charge >= 0.3 is 0 Å². The van der Waals surface area contributed by atoms with Crippen LogP contribution in [0.15, 0.2) is 91.5 Å². The van der Waals surface area contributed by atoms with Crippen LogP contribution in [0.5, 0.6) is 0 Å². The number of benzene rings is 3. The average Bonchev–Trinajstić information content (AvgIpc) is 3.18. The summed E-state index contributed by atoms with van der Waals surface area (Å²) in [6, 6.07) is 25.5. The highest BCUT2D eigenvalue weighted by Gasteiger charge is 2.14. The lowest BCUT2D eigenvalue weighted by molar-refractivity contribution is 1.23. The lowest BCUT2D eigenvalue weighted by atomic mass is 10.0. The fraction of sp³-hybridized carbons (Fsp3) is 0. The molecule has 136 valence electrons. The molecule has 0 amide bonds. The Morgan fingerprint density at radius 2 is 1.52 bits per heavy atom. The molecule has 4 heteroatoms. The largest absolute Gasteiger partial charge is 0.265 e. The molecule has 3 nitrogen and oxygen atoms in total. The van der Waals surface area contributed by atoms with Crippen molar-refractivity contribution in [3.63, 3.8) is 0 Å². The summed E-state index contributed by atoms with van der Waals surface area (Å²) in [6.45, 7) is 0. The maximum atomic E-state index is 4.69. The van der Waals surface area contributed by atoms with Crippen LogP contribution in [0.25, 0.3) is 53.5 Å². The fourth-order valence-corrected chi connectivity index (χ4v) is 5.15. The predicted octanol–water partition coefficient (Wildman–Crippen LogP) is 6.73. The van der Waals surface area contributed by atoms with Crippen molar-refractivity contribution in [2.45, 2.75) is 0 Å². The molecule has 0 atom stereocenters. The van der Waals surface area contributed by atoms with E-state index in [9.17, 15) is 0 Å². The van der Waals surface area contributed by atoms with Crippen molar-refractivity contribution in [1.82, 2.24) is 15.0 Å². The topological polar surface area (TPSA) is 38.7 Å². The molecule has 0 bridgehead atoms. The van der Waals surface area contributed by atoms with E-state index in [1.807, 2.05) is 35.9 Å². The van der Waals surface area contributed by atoms with Gasteiger partial charge in [-0.1, -0.05) is 42.5 Å². The summed E-state index contributed by atoms with van der Waals surface area (Å²) >= 11 is 1.82. The molecule has 3 aromatic heterocycles. The van der Waals surface area contributed by atoms with E-state index in [4.69, 9.17) is 0 Å². The number of thiophene rings is 1. The van der Waals surface area contributed by atoms with Crippen LogP contribution < -0.4 is 0 Å². The van der Waals surface area contributed by atoms with E-state index < -0.39 is 0 Å². The first-order chi connectivity index (χ1) is 14.4. The molecule has 6 rings (SSSR count). The van der Waals surface area contributed by atoms with E-state index in [-0.39, 0.29) is 0 Å². The third kappa shape index (κ3) is 2.61. The Morgan fingerprint density at radius 1 is 0.655 bits per heavy atom. The highest BCUT2D eigenvalue weighted by atomic mass is 32.1. The molecule has 0 spiro atoms. The zero-order chi connectivity index (χ0) is 19.2. The van der Waals surface area contributed by atoms with Crippen molar-refractivity contribution in [1.29, 1.82) is 0 Å². The van der Waals surface area contributed by atoms with Crippen LogP contribution >= 0.6 is 11.3 Å². The second kappa shape index (κ2) is 6.47. The van der Waals surface area contributed by atoms with Gasteiger partial charge in [-0.3, -0.25) is 4.98 Å². The van der Waals surface area contributed by atoms with Gasteiger partial charge in [0.2, 0.25) is 0 Å². The number of hydrogen-bond acceptors (Lipinski definition) is 4. The molecule has 0 aliphatic rings. The minimum atomic E-state index is 0.947. The lowest BCUT2D eigenvalue weighted by Gasteiger charge is -2.08. The highest BCUT2D eigenvalue weighted by molar-refractivity contribution is 7.26. The van der Waals surface area contributed by atoms with Crippen molar-refractivity contribution in [2.75, 3.05) is 0 Å².